The third kappa shape index (κ3) is 7.20. The molecule has 0 aliphatic heterocycles. The number of aryl methyl sites for hydroxylation is 1. The average Bonchev–Trinajstić information content (AvgIpc) is 3.44. The monoisotopic (exact) mass is 563 g/mol. The highest BCUT2D eigenvalue weighted by Crippen LogP contribution is 2.29. The number of hydrazone groups is 1. The van der Waals surface area contributed by atoms with Crippen LogP contribution in [0.5, 0.6) is 11.5 Å². The lowest BCUT2D eigenvalue weighted by Crippen LogP contribution is -2.20. The lowest BCUT2D eigenvalue weighted by atomic mass is 10.2. The van der Waals surface area contributed by atoms with E-state index in [1.54, 1.807) is 19.4 Å². The molecule has 5 rings (SSSR count). The van der Waals surface area contributed by atoms with Crippen molar-refractivity contribution in [3.63, 3.8) is 0 Å². The number of hydrogen-bond donors (Lipinski definition) is 1. The van der Waals surface area contributed by atoms with Crippen LogP contribution in [-0.2, 0) is 11.4 Å². The van der Waals surface area contributed by atoms with E-state index in [-0.39, 0.29) is 11.7 Å². The van der Waals surface area contributed by atoms with Gasteiger partial charge in [-0.25, -0.2) is 5.43 Å². The SMILES string of the molecule is COc1cc(/C=N/NC(=O)CSc2nnc(-c3ccccc3)n2-c2ccc(C)cc2)ccc1OCc1ccccc1. The lowest BCUT2D eigenvalue weighted by Gasteiger charge is -2.11. The number of nitrogens with zero attached hydrogens (tertiary/aromatic N) is 4. The number of carbonyl (C=O) groups is 1. The van der Waals surface area contributed by atoms with Crippen LogP contribution in [0, 0.1) is 6.92 Å². The summed E-state index contributed by atoms with van der Waals surface area (Å²) in [6, 6.07) is 33.4. The number of aromatic nitrogens is 3. The first-order valence-electron chi connectivity index (χ1n) is 13.0. The van der Waals surface area contributed by atoms with Gasteiger partial charge in [0.05, 0.1) is 19.1 Å². The van der Waals surface area contributed by atoms with Gasteiger partial charge in [-0.1, -0.05) is 90.1 Å². The van der Waals surface area contributed by atoms with Crippen molar-refractivity contribution in [1.82, 2.24) is 20.2 Å². The zero-order valence-corrected chi connectivity index (χ0v) is 23.5. The second-order valence-electron chi connectivity index (χ2n) is 9.11. The van der Waals surface area contributed by atoms with Crippen LogP contribution in [0.3, 0.4) is 0 Å². The summed E-state index contributed by atoms with van der Waals surface area (Å²) in [7, 11) is 1.59. The summed E-state index contributed by atoms with van der Waals surface area (Å²) in [4.78, 5) is 12.6. The van der Waals surface area contributed by atoms with E-state index >= 15 is 0 Å². The van der Waals surface area contributed by atoms with Crippen LogP contribution in [0.4, 0.5) is 0 Å². The van der Waals surface area contributed by atoms with Crippen LogP contribution in [-0.4, -0.2) is 39.7 Å². The van der Waals surface area contributed by atoms with Crippen molar-refractivity contribution in [3.8, 4) is 28.6 Å². The Morgan fingerprint density at radius 1 is 0.927 bits per heavy atom. The largest absolute Gasteiger partial charge is 0.493 e. The number of carbonyl (C=O) groups excluding carboxylic acids is 1. The van der Waals surface area contributed by atoms with E-state index in [1.807, 2.05) is 109 Å². The van der Waals surface area contributed by atoms with Crippen molar-refractivity contribution < 1.29 is 14.3 Å². The quantitative estimate of drug-likeness (QED) is 0.119. The van der Waals surface area contributed by atoms with Crippen molar-refractivity contribution in [3.05, 3.63) is 120 Å². The van der Waals surface area contributed by atoms with Crippen LogP contribution < -0.4 is 14.9 Å². The topological polar surface area (TPSA) is 90.6 Å². The van der Waals surface area contributed by atoms with Gasteiger partial charge in [0.1, 0.15) is 6.61 Å². The molecule has 8 nitrogen and oxygen atoms in total. The number of ether oxygens (including phenoxy) is 2. The molecule has 1 aromatic heterocycles. The van der Waals surface area contributed by atoms with Gasteiger partial charge in [-0.05, 0) is 48.4 Å². The number of nitrogens with one attached hydrogen (secondary N) is 1. The number of benzene rings is 4. The Bertz CT molecular complexity index is 1620. The molecule has 0 bridgehead atoms. The maximum Gasteiger partial charge on any atom is 0.250 e. The zero-order chi connectivity index (χ0) is 28.4. The van der Waals surface area contributed by atoms with E-state index in [0.717, 1.165) is 27.9 Å². The molecule has 1 N–H and O–H groups in total. The maximum absolute atomic E-state index is 12.6. The summed E-state index contributed by atoms with van der Waals surface area (Å²) < 4.78 is 13.4. The Morgan fingerprint density at radius 2 is 1.66 bits per heavy atom. The number of methoxy groups -OCH3 is 1. The summed E-state index contributed by atoms with van der Waals surface area (Å²) in [5.74, 6) is 1.77. The van der Waals surface area contributed by atoms with E-state index in [4.69, 9.17) is 9.47 Å². The van der Waals surface area contributed by atoms with Gasteiger partial charge in [-0.2, -0.15) is 5.10 Å². The molecule has 206 valence electrons. The van der Waals surface area contributed by atoms with Gasteiger partial charge in [-0.15, -0.1) is 10.2 Å². The van der Waals surface area contributed by atoms with Gasteiger partial charge in [-0.3, -0.25) is 9.36 Å². The molecule has 5 aromatic rings. The Hall–Kier alpha value is -4.89. The summed E-state index contributed by atoms with van der Waals surface area (Å²) in [6.07, 6.45) is 1.56. The van der Waals surface area contributed by atoms with Crippen molar-refractivity contribution in [1.29, 1.82) is 0 Å². The number of thioether (sulfide) groups is 1. The van der Waals surface area contributed by atoms with Crippen LogP contribution in [0.15, 0.2) is 113 Å². The van der Waals surface area contributed by atoms with Crippen molar-refractivity contribution in [2.75, 3.05) is 12.9 Å². The molecule has 1 amide bonds. The first kappa shape index (κ1) is 27.7. The fourth-order valence-corrected chi connectivity index (χ4v) is 4.77. The van der Waals surface area contributed by atoms with E-state index in [2.05, 4.69) is 20.7 Å². The number of rotatable bonds is 11. The fraction of sp³-hybridized carbons (Fsp3) is 0.125. The summed E-state index contributed by atoms with van der Waals surface area (Å²) >= 11 is 1.29. The van der Waals surface area contributed by atoms with E-state index in [1.165, 1.54) is 11.8 Å². The Morgan fingerprint density at radius 3 is 2.39 bits per heavy atom. The molecule has 0 fully saturated rings. The third-order valence-corrected chi connectivity index (χ3v) is 7.05. The average molecular weight is 564 g/mol. The molecule has 4 aromatic carbocycles. The molecule has 0 unspecified atom stereocenters. The molecular formula is C32H29N5O3S. The summed E-state index contributed by atoms with van der Waals surface area (Å²) in [5, 5.41) is 13.5. The smallest absolute Gasteiger partial charge is 0.250 e. The predicted octanol–water partition coefficient (Wildman–Crippen LogP) is 6.07. The number of hydrogen-bond acceptors (Lipinski definition) is 7. The minimum atomic E-state index is -0.263. The minimum Gasteiger partial charge on any atom is -0.493 e. The highest BCUT2D eigenvalue weighted by molar-refractivity contribution is 7.99. The van der Waals surface area contributed by atoms with E-state index in [0.29, 0.717) is 29.1 Å². The van der Waals surface area contributed by atoms with E-state index in [9.17, 15) is 4.79 Å². The molecule has 9 heteroatoms. The van der Waals surface area contributed by atoms with Crippen LogP contribution in [0.1, 0.15) is 16.7 Å². The third-order valence-electron chi connectivity index (χ3n) is 6.12. The second kappa shape index (κ2) is 13.5. The summed E-state index contributed by atoms with van der Waals surface area (Å²) in [5.41, 5.74) is 7.42. The fourth-order valence-electron chi connectivity index (χ4n) is 4.02. The normalized spacial score (nSPS) is 11.0. The van der Waals surface area contributed by atoms with Gasteiger partial charge in [0.2, 0.25) is 0 Å². The molecule has 1 heterocycles. The Labute approximate surface area is 243 Å². The highest BCUT2D eigenvalue weighted by Gasteiger charge is 2.17. The molecular weight excluding hydrogens is 534 g/mol. The Kier molecular flexibility index (Phi) is 9.08. The first-order chi connectivity index (χ1) is 20.1. The van der Waals surface area contributed by atoms with Crippen molar-refractivity contribution in [2.24, 2.45) is 5.10 Å². The molecule has 0 saturated carbocycles. The van der Waals surface area contributed by atoms with Crippen LogP contribution >= 0.6 is 11.8 Å². The molecule has 0 radical (unpaired) electrons. The van der Waals surface area contributed by atoms with Gasteiger partial charge in [0.25, 0.3) is 5.91 Å². The molecule has 0 spiro atoms. The molecule has 0 atom stereocenters. The molecule has 41 heavy (non-hydrogen) atoms. The van der Waals surface area contributed by atoms with Gasteiger partial charge >= 0.3 is 0 Å². The maximum atomic E-state index is 12.6. The zero-order valence-electron chi connectivity index (χ0n) is 22.7. The minimum absolute atomic E-state index is 0.117. The number of amides is 1. The first-order valence-corrected chi connectivity index (χ1v) is 14.0. The lowest BCUT2D eigenvalue weighted by molar-refractivity contribution is -0.118. The van der Waals surface area contributed by atoms with Crippen molar-refractivity contribution in [2.45, 2.75) is 18.7 Å². The van der Waals surface area contributed by atoms with Gasteiger partial charge < -0.3 is 9.47 Å². The highest BCUT2D eigenvalue weighted by atomic mass is 32.2. The van der Waals surface area contributed by atoms with Crippen molar-refractivity contribution >= 4 is 23.9 Å². The van der Waals surface area contributed by atoms with Gasteiger partial charge in [0, 0.05) is 11.3 Å². The Balaban J connectivity index is 1.22. The standard InChI is InChI=1S/C32H29N5O3S/c1-23-13-16-27(17-14-23)37-31(26-11-7-4-8-12-26)35-36-32(37)41-22-30(38)34-33-20-25-15-18-28(29(19-25)39-2)40-21-24-9-5-3-6-10-24/h3-20H,21-22H2,1-2H3,(H,34,38)/b33-20+. The molecule has 0 saturated heterocycles. The molecule has 0 aliphatic carbocycles. The summed E-state index contributed by atoms with van der Waals surface area (Å²) in [6.45, 7) is 2.47. The second-order valence-corrected chi connectivity index (χ2v) is 10.1. The van der Waals surface area contributed by atoms with Crippen LogP contribution in [0.2, 0.25) is 0 Å². The molecule has 0 aliphatic rings. The predicted molar refractivity (Wildman–Crippen MR) is 162 cm³/mol. The van der Waals surface area contributed by atoms with E-state index < -0.39 is 0 Å². The van der Waals surface area contributed by atoms with Crippen LogP contribution in [0.25, 0.3) is 17.1 Å². The van der Waals surface area contributed by atoms with Gasteiger partial charge in [0.15, 0.2) is 22.5 Å².